The lowest BCUT2D eigenvalue weighted by Gasteiger charge is -2.25. The molecule has 0 aromatic rings. The van der Waals surface area contributed by atoms with Crippen LogP contribution in [0.1, 0.15) is 33.6 Å². The van der Waals surface area contributed by atoms with Gasteiger partial charge in [0.1, 0.15) is 6.04 Å². The van der Waals surface area contributed by atoms with E-state index in [1.165, 1.54) is 0 Å². The summed E-state index contributed by atoms with van der Waals surface area (Å²) < 4.78 is 0. The molecule has 0 spiro atoms. The first kappa shape index (κ1) is 11.4. The second-order valence-corrected chi connectivity index (χ2v) is 3.20. The molecule has 3 nitrogen and oxygen atoms in total. The Morgan fingerprint density at radius 2 is 1.75 bits per heavy atom. The second-order valence-electron chi connectivity index (χ2n) is 3.20. The third kappa shape index (κ3) is 3.72. The fourth-order valence-electron chi connectivity index (χ4n) is 1.37. The molecule has 0 heterocycles. The molecule has 0 aliphatic rings. The van der Waals surface area contributed by atoms with Crippen molar-refractivity contribution in [3.63, 3.8) is 0 Å². The topological polar surface area (TPSA) is 44.6 Å². The molecule has 0 fully saturated rings. The van der Waals surface area contributed by atoms with Crippen molar-refractivity contribution in [2.75, 3.05) is 13.1 Å². The van der Waals surface area contributed by atoms with E-state index in [0.717, 1.165) is 30.8 Å². The SMILES string of the molecule is CCC[NH+](CCC)[C@H](C)C(=O)[O-]. The minimum atomic E-state index is -0.938. The van der Waals surface area contributed by atoms with Gasteiger partial charge in [-0.2, -0.15) is 0 Å². The summed E-state index contributed by atoms with van der Waals surface area (Å²) >= 11 is 0. The normalized spacial score (nSPS) is 13.3. The lowest BCUT2D eigenvalue weighted by Crippen LogP contribution is -3.16. The Morgan fingerprint density at radius 1 is 1.33 bits per heavy atom. The molecule has 0 aromatic heterocycles. The summed E-state index contributed by atoms with van der Waals surface area (Å²) in [6.07, 6.45) is 2.04. The van der Waals surface area contributed by atoms with Crippen LogP contribution in [-0.4, -0.2) is 25.1 Å². The average molecular weight is 173 g/mol. The van der Waals surface area contributed by atoms with Crippen LogP contribution in [0.4, 0.5) is 0 Å². The van der Waals surface area contributed by atoms with Gasteiger partial charge in [-0.3, -0.25) is 0 Å². The Kier molecular flexibility index (Phi) is 5.72. The van der Waals surface area contributed by atoms with E-state index in [4.69, 9.17) is 0 Å². The first-order chi connectivity index (χ1) is 5.63. The molecule has 0 amide bonds. The van der Waals surface area contributed by atoms with Gasteiger partial charge in [0.2, 0.25) is 0 Å². The zero-order chi connectivity index (χ0) is 9.56. The van der Waals surface area contributed by atoms with E-state index in [-0.39, 0.29) is 6.04 Å². The number of rotatable bonds is 6. The van der Waals surface area contributed by atoms with Gasteiger partial charge in [-0.15, -0.1) is 0 Å². The van der Waals surface area contributed by atoms with E-state index >= 15 is 0 Å². The molecule has 0 saturated heterocycles. The van der Waals surface area contributed by atoms with Crippen molar-refractivity contribution < 1.29 is 14.8 Å². The summed E-state index contributed by atoms with van der Waals surface area (Å²) in [6.45, 7) is 7.69. The molecule has 0 unspecified atom stereocenters. The largest absolute Gasteiger partial charge is 0.544 e. The molecule has 0 aliphatic carbocycles. The highest BCUT2D eigenvalue weighted by Crippen LogP contribution is 1.76. The van der Waals surface area contributed by atoms with Gasteiger partial charge in [-0.25, -0.2) is 0 Å². The molecule has 0 aliphatic heterocycles. The van der Waals surface area contributed by atoms with Crippen LogP contribution in [0.5, 0.6) is 0 Å². The lowest BCUT2D eigenvalue weighted by atomic mass is 10.2. The van der Waals surface area contributed by atoms with E-state index in [0.29, 0.717) is 0 Å². The highest BCUT2D eigenvalue weighted by atomic mass is 16.4. The van der Waals surface area contributed by atoms with Gasteiger partial charge in [0, 0.05) is 0 Å². The number of carboxylic acids is 1. The molecule has 0 bridgehead atoms. The highest BCUT2D eigenvalue weighted by Gasteiger charge is 2.15. The van der Waals surface area contributed by atoms with E-state index in [2.05, 4.69) is 13.8 Å². The number of nitrogens with one attached hydrogen (secondary N) is 1. The van der Waals surface area contributed by atoms with E-state index in [9.17, 15) is 9.90 Å². The summed E-state index contributed by atoms with van der Waals surface area (Å²) in [5.41, 5.74) is 0. The smallest absolute Gasteiger partial charge is 0.125 e. The van der Waals surface area contributed by atoms with Crippen LogP contribution in [0.25, 0.3) is 0 Å². The highest BCUT2D eigenvalue weighted by molar-refractivity contribution is 5.68. The number of carbonyl (C=O) groups excluding carboxylic acids is 1. The maximum absolute atomic E-state index is 10.6. The van der Waals surface area contributed by atoms with Gasteiger partial charge in [0.25, 0.3) is 0 Å². The molecule has 3 heteroatoms. The number of carbonyl (C=O) groups is 1. The number of carboxylic acid groups (broad SMARTS) is 1. The van der Waals surface area contributed by atoms with Gasteiger partial charge < -0.3 is 14.8 Å². The summed E-state index contributed by atoms with van der Waals surface area (Å²) in [5.74, 6) is -0.938. The molecule has 1 atom stereocenters. The van der Waals surface area contributed by atoms with Crippen molar-refractivity contribution in [2.24, 2.45) is 0 Å². The second kappa shape index (κ2) is 6.00. The van der Waals surface area contributed by atoms with Gasteiger partial charge in [-0.05, 0) is 19.8 Å². The molecular weight excluding hydrogens is 154 g/mol. The van der Waals surface area contributed by atoms with Gasteiger partial charge in [-0.1, -0.05) is 13.8 Å². The Balaban J connectivity index is 3.98. The molecule has 0 rings (SSSR count). The Morgan fingerprint density at radius 3 is 2.00 bits per heavy atom. The number of quaternary nitrogens is 1. The van der Waals surface area contributed by atoms with Gasteiger partial charge in [0.05, 0.1) is 19.1 Å². The van der Waals surface area contributed by atoms with Crippen molar-refractivity contribution in [1.82, 2.24) is 0 Å². The minimum Gasteiger partial charge on any atom is -0.544 e. The molecule has 0 saturated carbocycles. The Bertz CT molecular complexity index is 130. The maximum atomic E-state index is 10.6. The maximum Gasteiger partial charge on any atom is 0.125 e. The lowest BCUT2D eigenvalue weighted by molar-refractivity contribution is -0.917. The number of hydrogen-bond donors (Lipinski definition) is 1. The predicted molar refractivity (Wildman–Crippen MR) is 45.7 cm³/mol. The molecule has 0 aromatic carbocycles. The molecular formula is C9H19NO2. The van der Waals surface area contributed by atoms with Crippen molar-refractivity contribution in [3.8, 4) is 0 Å². The number of hydrogen-bond acceptors (Lipinski definition) is 2. The number of aliphatic carboxylic acids is 1. The van der Waals surface area contributed by atoms with Crippen LogP contribution >= 0.6 is 0 Å². The van der Waals surface area contributed by atoms with Crippen molar-refractivity contribution >= 4 is 5.97 Å². The van der Waals surface area contributed by atoms with Crippen LogP contribution in [0.15, 0.2) is 0 Å². The molecule has 1 N–H and O–H groups in total. The zero-order valence-corrected chi connectivity index (χ0v) is 8.22. The standard InChI is InChI=1S/C9H19NO2/c1-4-6-10(7-5-2)8(3)9(11)12/h8H,4-7H2,1-3H3,(H,11,12)/t8-/m1/s1. The van der Waals surface area contributed by atoms with Crippen LogP contribution in [0.3, 0.4) is 0 Å². The first-order valence-electron chi connectivity index (χ1n) is 4.68. The quantitative estimate of drug-likeness (QED) is 0.550. The summed E-state index contributed by atoms with van der Waals surface area (Å²) in [4.78, 5) is 11.7. The fourth-order valence-corrected chi connectivity index (χ4v) is 1.37. The van der Waals surface area contributed by atoms with E-state index < -0.39 is 5.97 Å². The van der Waals surface area contributed by atoms with Crippen molar-refractivity contribution in [3.05, 3.63) is 0 Å². The minimum absolute atomic E-state index is 0.370. The van der Waals surface area contributed by atoms with Gasteiger partial charge >= 0.3 is 0 Å². The van der Waals surface area contributed by atoms with Crippen molar-refractivity contribution in [1.29, 1.82) is 0 Å². The van der Waals surface area contributed by atoms with Crippen LogP contribution in [-0.2, 0) is 4.79 Å². The van der Waals surface area contributed by atoms with Gasteiger partial charge in [0.15, 0.2) is 0 Å². The monoisotopic (exact) mass is 173 g/mol. The van der Waals surface area contributed by atoms with Crippen LogP contribution < -0.4 is 10.0 Å². The van der Waals surface area contributed by atoms with Crippen LogP contribution in [0, 0.1) is 0 Å². The summed E-state index contributed by atoms with van der Waals surface area (Å²) in [5, 5.41) is 10.6. The van der Waals surface area contributed by atoms with Crippen LogP contribution in [0.2, 0.25) is 0 Å². The predicted octanol–water partition coefficient (Wildman–Crippen LogP) is -1.17. The Labute approximate surface area is 74.4 Å². The third-order valence-corrected chi connectivity index (χ3v) is 2.11. The van der Waals surface area contributed by atoms with E-state index in [1.54, 1.807) is 6.92 Å². The zero-order valence-electron chi connectivity index (χ0n) is 8.22. The molecule has 72 valence electrons. The fraction of sp³-hybridized carbons (Fsp3) is 0.889. The molecule has 0 radical (unpaired) electrons. The Hall–Kier alpha value is -0.570. The summed E-state index contributed by atoms with van der Waals surface area (Å²) in [6, 6.07) is -0.370. The average Bonchev–Trinajstić information content (AvgIpc) is 2.03. The first-order valence-corrected chi connectivity index (χ1v) is 4.68. The van der Waals surface area contributed by atoms with E-state index in [1.807, 2.05) is 0 Å². The summed E-state index contributed by atoms with van der Waals surface area (Å²) in [7, 11) is 0. The third-order valence-electron chi connectivity index (χ3n) is 2.11. The van der Waals surface area contributed by atoms with Crippen molar-refractivity contribution in [2.45, 2.75) is 39.7 Å². The molecule has 12 heavy (non-hydrogen) atoms.